The minimum atomic E-state index is -4.43. The second kappa shape index (κ2) is 8.69. The van der Waals surface area contributed by atoms with Crippen LogP contribution >= 0.6 is 11.8 Å². The summed E-state index contributed by atoms with van der Waals surface area (Å²) in [6, 6.07) is 11.3. The number of hydrogen-bond acceptors (Lipinski definition) is 5. The van der Waals surface area contributed by atoms with Crippen LogP contribution < -0.4 is 5.32 Å². The third-order valence-corrected chi connectivity index (χ3v) is 5.19. The number of benzene rings is 2. The molecule has 3 rings (SSSR count). The summed E-state index contributed by atoms with van der Waals surface area (Å²) in [7, 11) is 0. The van der Waals surface area contributed by atoms with E-state index in [1.807, 2.05) is 0 Å². The second-order valence-electron chi connectivity index (χ2n) is 6.33. The Bertz CT molecular complexity index is 1000. The normalized spacial score (nSPS) is 12.6. The lowest BCUT2D eigenvalue weighted by Crippen LogP contribution is -2.27. The predicted octanol–water partition coefficient (Wildman–Crippen LogP) is 5.18. The monoisotopic (exact) mass is 421 g/mol. The van der Waals surface area contributed by atoms with E-state index in [4.69, 9.17) is 4.52 Å². The van der Waals surface area contributed by atoms with Gasteiger partial charge < -0.3 is 9.84 Å². The van der Waals surface area contributed by atoms with Gasteiger partial charge in [-0.25, -0.2) is 0 Å². The molecule has 1 N–H and O–H groups in total. The molecule has 1 unspecified atom stereocenters. The Hall–Kier alpha value is -2.81. The fourth-order valence-corrected chi connectivity index (χ4v) is 3.56. The van der Waals surface area contributed by atoms with Crippen molar-refractivity contribution in [3.8, 4) is 0 Å². The van der Waals surface area contributed by atoms with Gasteiger partial charge in [0.25, 0.3) is 5.91 Å². The average molecular weight is 421 g/mol. The first-order valence-corrected chi connectivity index (χ1v) is 9.71. The van der Waals surface area contributed by atoms with Crippen LogP contribution in [0.4, 0.5) is 13.2 Å². The van der Waals surface area contributed by atoms with Gasteiger partial charge in [0, 0.05) is 11.8 Å². The molecule has 152 valence electrons. The lowest BCUT2D eigenvalue weighted by atomic mass is 10.0. The van der Waals surface area contributed by atoms with Crippen molar-refractivity contribution in [1.29, 1.82) is 0 Å². The molecule has 0 aliphatic heterocycles. The zero-order valence-corrected chi connectivity index (χ0v) is 16.5. The zero-order valence-electron chi connectivity index (χ0n) is 15.7. The molecule has 1 aromatic heterocycles. The molecule has 5 nitrogen and oxygen atoms in total. The van der Waals surface area contributed by atoms with Gasteiger partial charge in [0.2, 0.25) is 5.89 Å². The van der Waals surface area contributed by atoms with E-state index >= 15 is 0 Å². The SMILES string of the molecule is Cc1nc(CSc2ccccc2C(=O)NC(C)c2cccc(C(F)(F)F)c2)no1. The smallest absolute Gasteiger partial charge is 0.345 e. The Labute approximate surface area is 169 Å². The fraction of sp³-hybridized carbons (Fsp3) is 0.250. The third kappa shape index (κ3) is 5.38. The lowest BCUT2D eigenvalue weighted by Gasteiger charge is -2.17. The summed E-state index contributed by atoms with van der Waals surface area (Å²) in [6.45, 7) is 3.34. The number of thioether (sulfide) groups is 1. The van der Waals surface area contributed by atoms with Crippen molar-refractivity contribution in [2.45, 2.75) is 36.7 Å². The highest BCUT2D eigenvalue weighted by atomic mass is 32.2. The van der Waals surface area contributed by atoms with Gasteiger partial charge >= 0.3 is 6.18 Å². The van der Waals surface area contributed by atoms with Gasteiger partial charge in [-0.1, -0.05) is 29.4 Å². The largest absolute Gasteiger partial charge is 0.416 e. The molecule has 1 heterocycles. The molecule has 3 aromatic rings. The van der Waals surface area contributed by atoms with Gasteiger partial charge in [-0.15, -0.1) is 11.8 Å². The summed E-state index contributed by atoms with van der Waals surface area (Å²) < 4.78 is 43.7. The molecule has 2 aromatic carbocycles. The number of nitrogens with zero attached hydrogens (tertiary/aromatic N) is 2. The fourth-order valence-electron chi connectivity index (χ4n) is 2.66. The Morgan fingerprint density at radius 1 is 1.21 bits per heavy atom. The number of carbonyl (C=O) groups excluding carboxylic acids is 1. The maximum Gasteiger partial charge on any atom is 0.416 e. The summed E-state index contributed by atoms with van der Waals surface area (Å²) in [4.78, 5) is 17.6. The molecular weight excluding hydrogens is 403 g/mol. The molecule has 1 amide bonds. The number of aromatic nitrogens is 2. The van der Waals surface area contributed by atoms with Crippen LogP contribution in [-0.4, -0.2) is 16.0 Å². The summed E-state index contributed by atoms with van der Waals surface area (Å²) in [5, 5.41) is 6.59. The first kappa shape index (κ1) is 20.9. The summed E-state index contributed by atoms with van der Waals surface area (Å²) in [5.41, 5.74) is 0.0552. The van der Waals surface area contributed by atoms with Crippen LogP contribution in [-0.2, 0) is 11.9 Å². The number of hydrogen-bond donors (Lipinski definition) is 1. The molecule has 0 aliphatic rings. The number of halogens is 3. The summed E-state index contributed by atoms with van der Waals surface area (Å²) in [6.07, 6.45) is -4.43. The number of alkyl halides is 3. The van der Waals surface area contributed by atoms with Gasteiger partial charge in [-0.05, 0) is 36.8 Å². The topological polar surface area (TPSA) is 68.0 Å². The number of nitrogens with one attached hydrogen (secondary N) is 1. The van der Waals surface area contributed by atoms with Crippen LogP contribution in [0.5, 0.6) is 0 Å². The number of aryl methyl sites for hydroxylation is 1. The van der Waals surface area contributed by atoms with Crippen LogP contribution in [0, 0.1) is 6.92 Å². The van der Waals surface area contributed by atoms with Gasteiger partial charge in [0.05, 0.1) is 22.9 Å². The lowest BCUT2D eigenvalue weighted by molar-refractivity contribution is -0.137. The van der Waals surface area contributed by atoms with Crippen LogP contribution in [0.3, 0.4) is 0 Å². The average Bonchev–Trinajstić information content (AvgIpc) is 3.11. The summed E-state index contributed by atoms with van der Waals surface area (Å²) in [5.74, 6) is 1.02. The summed E-state index contributed by atoms with van der Waals surface area (Å²) >= 11 is 1.38. The van der Waals surface area contributed by atoms with Crippen LogP contribution in [0.2, 0.25) is 0 Å². The quantitative estimate of drug-likeness (QED) is 0.556. The van der Waals surface area contributed by atoms with Crippen molar-refractivity contribution in [3.63, 3.8) is 0 Å². The highest BCUT2D eigenvalue weighted by Crippen LogP contribution is 2.31. The maximum absolute atomic E-state index is 12.9. The van der Waals surface area contributed by atoms with E-state index in [0.717, 1.165) is 12.1 Å². The maximum atomic E-state index is 12.9. The van der Waals surface area contributed by atoms with Crippen molar-refractivity contribution in [2.75, 3.05) is 0 Å². The number of amides is 1. The van der Waals surface area contributed by atoms with E-state index in [1.54, 1.807) is 44.2 Å². The second-order valence-corrected chi connectivity index (χ2v) is 7.35. The van der Waals surface area contributed by atoms with E-state index in [0.29, 0.717) is 33.5 Å². The van der Waals surface area contributed by atoms with Crippen molar-refractivity contribution in [1.82, 2.24) is 15.5 Å². The van der Waals surface area contributed by atoms with Crippen LogP contribution in [0.15, 0.2) is 57.9 Å². The van der Waals surface area contributed by atoms with Crippen molar-refractivity contribution >= 4 is 17.7 Å². The number of rotatable bonds is 6. The molecule has 0 spiro atoms. The Kier molecular flexibility index (Phi) is 6.26. The molecule has 29 heavy (non-hydrogen) atoms. The Balaban J connectivity index is 1.72. The molecule has 0 saturated carbocycles. The zero-order chi connectivity index (χ0) is 21.0. The molecule has 0 radical (unpaired) electrons. The highest BCUT2D eigenvalue weighted by molar-refractivity contribution is 7.98. The minimum Gasteiger partial charge on any atom is -0.345 e. The van der Waals surface area contributed by atoms with E-state index < -0.39 is 17.8 Å². The highest BCUT2D eigenvalue weighted by Gasteiger charge is 2.30. The van der Waals surface area contributed by atoms with Crippen LogP contribution in [0.25, 0.3) is 0 Å². The number of carbonyl (C=O) groups is 1. The van der Waals surface area contributed by atoms with Crippen LogP contribution in [0.1, 0.15) is 46.2 Å². The molecular formula is C20H18F3N3O2S. The molecule has 1 atom stereocenters. The molecule has 0 aliphatic carbocycles. The Morgan fingerprint density at radius 3 is 2.66 bits per heavy atom. The predicted molar refractivity (Wildman–Crippen MR) is 102 cm³/mol. The van der Waals surface area contributed by atoms with Crippen molar-refractivity contribution in [3.05, 3.63) is 76.9 Å². The molecule has 9 heteroatoms. The minimum absolute atomic E-state index is 0.373. The van der Waals surface area contributed by atoms with E-state index in [1.165, 1.54) is 17.8 Å². The molecule has 0 bridgehead atoms. The van der Waals surface area contributed by atoms with Gasteiger partial charge in [-0.3, -0.25) is 4.79 Å². The van der Waals surface area contributed by atoms with E-state index in [-0.39, 0.29) is 5.91 Å². The van der Waals surface area contributed by atoms with Crippen molar-refractivity contribution in [2.24, 2.45) is 0 Å². The van der Waals surface area contributed by atoms with E-state index in [2.05, 4.69) is 15.5 Å². The molecule has 0 fully saturated rings. The third-order valence-electron chi connectivity index (χ3n) is 4.12. The molecule has 0 saturated heterocycles. The van der Waals surface area contributed by atoms with Gasteiger partial charge in [-0.2, -0.15) is 18.2 Å². The Morgan fingerprint density at radius 2 is 1.97 bits per heavy atom. The van der Waals surface area contributed by atoms with Gasteiger partial charge in [0.1, 0.15) is 0 Å². The first-order valence-electron chi connectivity index (χ1n) is 8.73. The van der Waals surface area contributed by atoms with E-state index in [9.17, 15) is 18.0 Å². The van der Waals surface area contributed by atoms with Crippen molar-refractivity contribution < 1.29 is 22.5 Å². The first-order chi connectivity index (χ1) is 13.7. The standard InChI is InChI=1S/C20H18F3N3O2S/c1-12(14-6-5-7-15(10-14)20(21,22)23)24-19(27)16-8-3-4-9-17(16)29-11-18-25-13(2)28-26-18/h3-10,12H,11H2,1-2H3,(H,24,27). The van der Waals surface area contributed by atoms with Gasteiger partial charge in [0.15, 0.2) is 5.82 Å².